The first-order chi connectivity index (χ1) is 6.38. The Balaban J connectivity index is 2.42. The minimum absolute atomic E-state index is 0.683. The van der Waals surface area contributed by atoms with Crippen molar-refractivity contribution in [3.8, 4) is 0 Å². The van der Waals surface area contributed by atoms with Gasteiger partial charge in [-0.3, -0.25) is 0 Å². The zero-order chi connectivity index (χ0) is 9.52. The summed E-state index contributed by atoms with van der Waals surface area (Å²) in [7, 11) is 4.18. The number of likely N-dealkylation sites (N-methyl/N-ethyl adjacent to an activating group) is 2. The summed E-state index contributed by atoms with van der Waals surface area (Å²) in [5, 5.41) is 6.88. The first-order valence-corrected chi connectivity index (χ1v) is 5.73. The number of nitrogens with one attached hydrogen (secondary N) is 2. The molecule has 0 aromatic rings. The number of hydrogen-bond donors (Lipinski definition) is 2. The summed E-state index contributed by atoms with van der Waals surface area (Å²) in [6.45, 7) is 0. The quantitative estimate of drug-likeness (QED) is 0.685. The molecule has 0 aliphatic heterocycles. The molecule has 1 aliphatic rings. The lowest BCUT2D eigenvalue weighted by atomic mass is 9.99. The van der Waals surface area contributed by atoms with E-state index >= 15 is 0 Å². The van der Waals surface area contributed by atoms with Crippen molar-refractivity contribution < 1.29 is 0 Å². The molecular formula is C11H24N2. The van der Waals surface area contributed by atoms with E-state index in [2.05, 4.69) is 24.7 Å². The van der Waals surface area contributed by atoms with Crippen molar-refractivity contribution in [2.75, 3.05) is 14.1 Å². The van der Waals surface area contributed by atoms with Gasteiger partial charge in [0, 0.05) is 12.1 Å². The van der Waals surface area contributed by atoms with E-state index in [9.17, 15) is 0 Å². The Kier molecular flexibility index (Phi) is 5.40. The van der Waals surface area contributed by atoms with Gasteiger partial charge in [0.15, 0.2) is 0 Å². The van der Waals surface area contributed by atoms with E-state index in [0.29, 0.717) is 12.1 Å². The minimum Gasteiger partial charge on any atom is -0.315 e. The fourth-order valence-corrected chi connectivity index (χ4v) is 2.35. The largest absolute Gasteiger partial charge is 0.315 e. The number of hydrogen-bond acceptors (Lipinski definition) is 2. The topological polar surface area (TPSA) is 24.1 Å². The monoisotopic (exact) mass is 184 g/mol. The third-order valence-electron chi connectivity index (χ3n) is 3.26. The minimum atomic E-state index is 0.683. The van der Waals surface area contributed by atoms with Crippen LogP contribution < -0.4 is 10.6 Å². The summed E-state index contributed by atoms with van der Waals surface area (Å²) in [5.74, 6) is 0. The van der Waals surface area contributed by atoms with E-state index < -0.39 is 0 Å². The molecule has 1 saturated carbocycles. The molecule has 0 saturated heterocycles. The highest BCUT2D eigenvalue weighted by atomic mass is 15.0. The third kappa shape index (κ3) is 3.65. The third-order valence-corrected chi connectivity index (χ3v) is 3.26. The molecule has 0 amide bonds. The van der Waals surface area contributed by atoms with Crippen LogP contribution in [0.3, 0.4) is 0 Å². The van der Waals surface area contributed by atoms with Crippen molar-refractivity contribution in [1.29, 1.82) is 0 Å². The van der Waals surface area contributed by atoms with Crippen LogP contribution in [-0.2, 0) is 0 Å². The van der Waals surface area contributed by atoms with Crippen molar-refractivity contribution in [3.63, 3.8) is 0 Å². The second-order valence-corrected chi connectivity index (χ2v) is 4.14. The Hall–Kier alpha value is -0.0800. The maximum Gasteiger partial charge on any atom is 0.0218 e. The van der Waals surface area contributed by atoms with Gasteiger partial charge < -0.3 is 10.6 Å². The molecule has 0 radical (unpaired) electrons. The van der Waals surface area contributed by atoms with Gasteiger partial charge in [-0.15, -0.1) is 0 Å². The van der Waals surface area contributed by atoms with Crippen LogP contribution in [0.5, 0.6) is 0 Å². The summed E-state index contributed by atoms with van der Waals surface area (Å²) in [6.07, 6.45) is 9.74. The molecule has 13 heavy (non-hydrogen) atoms. The van der Waals surface area contributed by atoms with Crippen LogP contribution in [0, 0.1) is 0 Å². The SMILES string of the molecule is CN[C@H]1CCCCCCC[C@H]1NC. The summed E-state index contributed by atoms with van der Waals surface area (Å²) in [4.78, 5) is 0. The molecule has 0 spiro atoms. The molecule has 2 heteroatoms. The molecule has 2 N–H and O–H groups in total. The van der Waals surface area contributed by atoms with Gasteiger partial charge in [0.2, 0.25) is 0 Å². The van der Waals surface area contributed by atoms with E-state index in [0.717, 1.165) is 0 Å². The van der Waals surface area contributed by atoms with Crippen LogP contribution in [0.2, 0.25) is 0 Å². The first kappa shape index (κ1) is 11.0. The second kappa shape index (κ2) is 6.39. The van der Waals surface area contributed by atoms with Gasteiger partial charge in [-0.1, -0.05) is 32.1 Å². The molecule has 0 unspecified atom stereocenters. The molecule has 2 atom stereocenters. The standard InChI is InChI=1S/C11H24N2/c1-12-10-8-6-4-3-5-7-9-11(10)13-2/h10-13H,3-9H2,1-2H3/t10-,11+. The average Bonchev–Trinajstić information content (AvgIpc) is 2.28. The van der Waals surface area contributed by atoms with E-state index in [1.54, 1.807) is 0 Å². The molecule has 0 bridgehead atoms. The van der Waals surface area contributed by atoms with Crippen LogP contribution in [0.15, 0.2) is 0 Å². The Labute approximate surface area is 82.5 Å². The summed E-state index contributed by atoms with van der Waals surface area (Å²) >= 11 is 0. The van der Waals surface area contributed by atoms with Crippen molar-refractivity contribution in [2.24, 2.45) is 0 Å². The molecule has 2 nitrogen and oxygen atoms in total. The van der Waals surface area contributed by atoms with E-state index in [4.69, 9.17) is 0 Å². The second-order valence-electron chi connectivity index (χ2n) is 4.14. The highest BCUT2D eigenvalue weighted by molar-refractivity contribution is 4.81. The zero-order valence-corrected chi connectivity index (χ0v) is 9.10. The van der Waals surface area contributed by atoms with Crippen LogP contribution in [-0.4, -0.2) is 26.2 Å². The predicted octanol–water partition coefficient (Wildman–Crippen LogP) is 1.91. The maximum absolute atomic E-state index is 3.44. The highest BCUT2D eigenvalue weighted by Crippen LogP contribution is 2.17. The summed E-state index contributed by atoms with van der Waals surface area (Å²) in [5.41, 5.74) is 0. The summed E-state index contributed by atoms with van der Waals surface area (Å²) < 4.78 is 0. The van der Waals surface area contributed by atoms with Gasteiger partial charge in [-0.05, 0) is 26.9 Å². The lowest BCUT2D eigenvalue weighted by Gasteiger charge is -2.25. The smallest absolute Gasteiger partial charge is 0.0218 e. The highest BCUT2D eigenvalue weighted by Gasteiger charge is 2.18. The van der Waals surface area contributed by atoms with Gasteiger partial charge in [-0.2, -0.15) is 0 Å². The van der Waals surface area contributed by atoms with E-state index in [1.807, 2.05) is 0 Å². The van der Waals surface area contributed by atoms with Gasteiger partial charge in [0.25, 0.3) is 0 Å². The lowest BCUT2D eigenvalue weighted by Crippen LogP contribution is -2.45. The Bertz CT molecular complexity index is 111. The zero-order valence-electron chi connectivity index (χ0n) is 9.10. The molecular weight excluding hydrogens is 160 g/mol. The van der Waals surface area contributed by atoms with Crippen molar-refractivity contribution >= 4 is 0 Å². The predicted molar refractivity (Wildman–Crippen MR) is 58.0 cm³/mol. The van der Waals surface area contributed by atoms with E-state index in [1.165, 1.54) is 44.9 Å². The lowest BCUT2D eigenvalue weighted by molar-refractivity contribution is 0.365. The Morgan fingerprint density at radius 3 is 1.46 bits per heavy atom. The first-order valence-electron chi connectivity index (χ1n) is 5.73. The maximum atomic E-state index is 3.44. The van der Waals surface area contributed by atoms with Gasteiger partial charge in [0.1, 0.15) is 0 Å². The van der Waals surface area contributed by atoms with Crippen molar-refractivity contribution in [1.82, 2.24) is 10.6 Å². The molecule has 0 aromatic heterocycles. The van der Waals surface area contributed by atoms with Crippen LogP contribution in [0.1, 0.15) is 44.9 Å². The molecule has 0 heterocycles. The van der Waals surface area contributed by atoms with E-state index in [-0.39, 0.29) is 0 Å². The molecule has 1 aliphatic carbocycles. The van der Waals surface area contributed by atoms with Crippen LogP contribution in [0.4, 0.5) is 0 Å². The van der Waals surface area contributed by atoms with Crippen molar-refractivity contribution in [2.45, 2.75) is 57.0 Å². The van der Waals surface area contributed by atoms with Gasteiger partial charge in [-0.25, -0.2) is 0 Å². The molecule has 78 valence electrons. The number of rotatable bonds is 2. The van der Waals surface area contributed by atoms with Crippen LogP contribution in [0.25, 0.3) is 0 Å². The molecule has 0 aromatic carbocycles. The van der Waals surface area contributed by atoms with Crippen LogP contribution >= 0.6 is 0 Å². The Morgan fingerprint density at radius 2 is 1.08 bits per heavy atom. The normalized spacial score (nSPS) is 31.8. The Morgan fingerprint density at radius 1 is 0.692 bits per heavy atom. The average molecular weight is 184 g/mol. The van der Waals surface area contributed by atoms with Gasteiger partial charge in [0.05, 0.1) is 0 Å². The fourth-order valence-electron chi connectivity index (χ4n) is 2.35. The molecule has 1 rings (SSSR count). The molecule has 1 fully saturated rings. The summed E-state index contributed by atoms with van der Waals surface area (Å²) in [6, 6.07) is 1.37. The van der Waals surface area contributed by atoms with Gasteiger partial charge >= 0.3 is 0 Å². The van der Waals surface area contributed by atoms with Crippen molar-refractivity contribution in [3.05, 3.63) is 0 Å². The fraction of sp³-hybridized carbons (Fsp3) is 1.00.